The minimum absolute atomic E-state index is 0.0479. The Hall–Kier alpha value is -2.84. The quantitative estimate of drug-likeness (QED) is 0.576. The molecule has 12 heteroatoms. The summed E-state index contributed by atoms with van der Waals surface area (Å²) in [7, 11) is 0. The number of benzene rings is 1. The van der Waals surface area contributed by atoms with Gasteiger partial charge in [0.1, 0.15) is 17.3 Å². The Morgan fingerprint density at radius 3 is 1.84 bits per heavy atom. The molecule has 0 saturated carbocycles. The zero-order valence-electron chi connectivity index (χ0n) is 11.4. The molecule has 2 rings (SSSR count). The zero-order valence-corrected chi connectivity index (χ0v) is 11.4. The van der Waals surface area contributed by atoms with Crippen molar-refractivity contribution in [2.24, 2.45) is 0 Å². The fourth-order valence-electron chi connectivity index (χ4n) is 1.79. The molecule has 1 heterocycles. The molecule has 0 atom stereocenters. The number of hydrogen-bond acceptors (Lipinski definition) is 3. The number of nitriles is 1. The highest BCUT2D eigenvalue weighted by Gasteiger charge is 2.37. The zero-order chi connectivity index (χ0) is 19.1. The van der Waals surface area contributed by atoms with Crippen molar-refractivity contribution in [3.8, 4) is 17.3 Å². The maximum Gasteiger partial charge on any atom is 0.451 e. The van der Waals surface area contributed by atoms with Gasteiger partial charge in [0.15, 0.2) is 23.3 Å². The number of rotatable bonds is 2. The third kappa shape index (κ3) is 3.21. The summed E-state index contributed by atoms with van der Waals surface area (Å²) in [6.07, 6.45) is -8.97. The SMILES string of the molecule is N#Cc1c(F)c(F)c(-c2cc(C(F)F)nc(C(F)(F)F)n2)c(F)c1F. The van der Waals surface area contributed by atoms with Gasteiger partial charge in [-0.25, -0.2) is 36.3 Å². The van der Waals surface area contributed by atoms with Crippen molar-refractivity contribution < 1.29 is 39.5 Å². The van der Waals surface area contributed by atoms with E-state index in [2.05, 4.69) is 9.97 Å². The van der Waals surface area contributed by atoms with E-state index in [0.717, 1.165) is 6.07 Å². The minimum Gasteiger partial charge on any atom is -0.224 e. The summed E-state index contributed by atoms with van der Waals surface area (Å²) < 4.78 is 118. The largest absolute Gasteiger partial charge is 0.451 e. The van der Waals surface area contributed by atoms with Gasteiger partial charge >= 0.3 is 6.18 Å². The van der Waals surface area contributed by atoms with Gasteiger partial charge in [0.2, 0.25) is 5.82 Å². The van der Waals surface area contributed by atoms with Crippen LogP contribution in [0.3, 0.4) is 0 Å². The van der Waals surface area contributed by atoms with E-state index in [1.165, 1.54) is 0 Å². The normalized spacial score (nSPS) is 11.7. The summed E-state index contributed by atoms with van der Waals surface area (Å²) in [6.45, 7) is 0. The smallest absolute Gasteiger partial charge is 0.224 e. The predicted molar refractivity (Wildman–Crippen MR) is 62.0 cm³/mol. The average molecular weight is 371 g/mol. The number of aromatic nitrogens is 2. The third-order valence-corrected chi connectivity index (χ3v) is 2.85. The van der Waals surface area contributed by atoms with Crippen LogP contribution in [-0.4, -0.2) is 9.97 Å². The Morgan fingerprint density at radius 2 is 1.44 bits per heavy atom. The molecule has 0 fully saturated rings. The number of alkyl halides is 5. The second-order valence-electron chi connectivity index (χ2n) is 4.42. The summed E-state index contributed by atoms with van der Waals surface area (Å²) in [4.78, 5) is 5.15. The van der Waals surface area contributed by atoms with Crippen LogP contribution in [0.5, 0.6) is 0 Å². The molecule has 0 radical (unpaired) electrons. The highest BCUT2D eigenvalue weighted by Crippen LogP contribution is 2.35. The first-order valence-corrected chi connectivity index (χ1v) is 5.99. The number of hydrogen-bond donors (Lipinski definition) is 0. The molecule has 132 valence electrons. The van der Waals surface area contributed by atoms with Crippen LogP contribution in [0.25, 0.3) is 11.3 Å². The molecule has 2 aromatic rings. The van der Waals surface area contributed by atoms with Crippen molar-refractivity contribution in [1.29, 1.82) is 5.26 Å². The molecule has 0 aliphatic rings. The highest BCUT2D eigenvalue weighted by atomic mass is 19.4. The standard InChI is InChI=1S/C13H2F9N3/c14-7-3(2-23)8(15)10(17)6(9(7)16)4-1-5(11(18)19)25-12(24-4)13(20,21)22/h1,11H. The molecule has 0 aliphatic carbocycles. The van der Waals surface area contributed by atoms with Gasteiger partial charge in [0.25, 0.3) is 6.43 Å². The number of nitrogens with zero attached hydrogens (tertiary/aromatic N) is 3. The molecule has 0 unspecified atom stereocenters. The van der Waals surface area contributed by atoms with E-state index >= 15 is 0 Å². The molecule has 0 amide bonds. The summed E-state index contributed by atoms with van der Waals surface area (Å²) in [5.74, 6) is -11.1. The lowest BCUT2D eigenvalue weighted by Crippen LogP contribution is -2.14. The van der Waals surface area contributed by atoms with Gasteiger partial charge in [-0.3, -0.25) is 0 Å². The highest BCUT2D eigenvalue weighted by molar-refractivity contribution is 5.63. The summed E-state index contributed by atoms with van der Waals surface area (Å²) in [6, 6.07) is 0.874. The van der Waals surface area contributed by atoms with Crippen LogP contribution in [-0.2, 0) is 6.18 Å². The average Bonchev–Trinajstić information content (AvgIpc) is 2.52. The first-order chi connectivity index (χ1) is 11.5. The maximum absolute atomic E-state index is 13.9. The third-order valence-electron chi connectivity index (χ3n) is 2.85. The topological polar surface area (TPSA) is 49.6 Å². The molecule has 0 spiro atoms. The lowest BCUT2D eigenvalue weighted by Gasteiger charge is -2.12. The molecule has 0 bridgehead atoms. The van der Waals surface area contributed by atoms with Crippen LogP contribution < -0.4 is 0 Å². The van der Waals surface area contributed by atoms with E-state index in [1.54, 1.807) is 0 Å². The summed E-state index contributed by atoms with van der Waals surface area (Å²) >= 11 is 0. The van der Waals surface area contributed by atoms with Crippen molar-refractivity contribution in [3.63, 3.8) is 0 Å². The van der Waals surface area contributed by atoms with Gasteiger partial charge in [0.05, 0.1) is 11.3 Å². The Bertz CT molecular complexity index is 855. The van der Waals surface area contributed by atoms with Crippen LogP contribution in [0, 0.1) is 34.6 Å². The lowest BCUT2D eigenvalue weighted by molar-refractivity contribution is -0.145. The Labute approximate surface area is 132 Å². The maximum atomic E-state index is 13.9. The second kappa shape index (κ2) is 6.23. The van der Waals surface area contributed by atoms with E-state index in [-0.39, 0.29) is 6.07 Å². The van der Waals surface area contributed by atoms with Crippen molar-refractivity contribution in [3.05, 3.63) is 46.4 Å². The first-order valence-electron chi connectivity index (χ1n) is 5.99. The van der Waals surface area contributed by atoms with Crippen molar-refractivity contribution in [2.45, 2.75) is 12.6 Å². The van der Waals surface area contributed by atoms with Crippen molar-refractivity contribution in [2.75, 3.05) is 0 Å². The van der Waals surface area contributed by atoms with E-state index in [9.17, 15) is 39.5 Å². The predicted octanol–water partition coefficient (Wildman–Crippen LogP) is 4.53. The summed E-state index contributed by atoms with van der Waals surface area (Å²) in [5.41, 5.74) is -6.47. The lowest BCUT2D eigenvalue weighted by atomic mass is 10.0. The Kier molecular flexibility index (Phi) is 4.61. The van der Waals surface area contributed by atoms with Gasteiger partial charge in [0, 0.05) is 0 Å². The van der Waals surface area contributed by atoms with Crippen LogP contribution in [0.1, 0.15) is 23.5 Å². The van der Waals surface area contributed by atoms with Gasteiger partial charge in [-0.1, -0.05) is 0 Å². The van der Waals surface area contributed by atoms with Crippen LogP contribution in [0.4, 0.5) is 39.5 Å². The van der Waals surface area contributed by atoms with Crippen LogP contribution in [0.15, 0.2) is 6.07 Å². The molecule has 25 heavy (non-hydrogen) atoms. The van der Waals surface area contributed by atoms with Gasteiger partial charge in [-0.05, 0) is 6.07 Å². The monoisotopic (exact) mass is 371 g/mol. The van der Waals surface area contributed by atoms with Crippen LogP contribution in [0.2, 0.25) is 0 Å². The molecular formula is C13H2F9N3. The molecular weight excluding hydrogens is 369 g/mol. The van der Waals surface area contributed by atoms with Gasteiger partial charge in [-0.2, -0.15) is 18.4 Å². The molecule has 0 N–H and O–H groups in total. The second-order valence-corrected chi connectivity index (χ2v) is 4.42. The molecule has 0 saturated heterocycles. The van der Waals surface area contributed by atoms with E-state index in [0.29, 0.717) is 0 Å². The van der Waals surface area contributed by atoms with Crippen molar-refractivity contribution >= 4 is 0 Å². The molecule has 0 aliphatic heterocycles. The van der Waals surface area contributed by atoms with Gasteiger partial charge < -0.3 is 0 Å². The Morgan fingerprint density at radius 1 is 0.920 bits per heavy atom. The first kappa shape index (κ1) is 18.5. The fraction of sp³-hybridized carbons (Fsp3) is 0.154. The van der Waals surface area contributed by atoms with Crippen LogP contribution >= 0.6 is 0 Å². The fourth-order valence-corrected chi connectivity index (χ4v) is 1.79. The van der Waals surface area contributed by atoms with E-state index < -0.39 is 64.2 Å². The van der Waals surface area contributed by atoms with E-state index in [4.69, 9.17) is 5.26 Å². The number of halogens is 9. The summed E-state index contributed by atoms with van der Waals surface area (Å²) in [5, 5.41) is 8.44. The minimum atomic E-state index is -5.38. The van der Waals surface area contributed by atoms with Gasteiger partial charge in [-0.15, -0.1) is 0 Å². The van der Waals surface area contributed by atoms with Crippen molar-refractivity contribution in [1.82, 2.24) is 9.97 Å². The molecule has 3 nitrogen and oxygen atoms in total. The molecule has 1 aromatic heterocycles. The Balaban J connectivity index is 2.88. The van der Waals surface area contributed by atoms with E-state index in [1.807, 2.05) is 0 Å². The molecule has 1 aromatic carbocycles.